The van der Waals surface area contributed by atoms with Crippen LogP contribution in [-0.4, -0.2) is 27.3 Å². The third-order valence-corrected chi connectivity index (χ3v) is 2.17. The lowest BCUT2D eigenvalue weighted by molar-refractivity contribution is 0.415. The molecule has 2 rings (SSSR count). The number of ether oxygens (including phenoxy) is 1. The number of methoxy groups -OCH3 is 1. The van der Waals surface area contributed by atoms with Crippen LogP contribution < -0.4 is 10.5 Å². The highest BCUT2D eigenvalue weighted by atomic mass is 35.5. The van der Waals surface area contributed by atoms with E-state index in [0.29, 0.717) is 16.5 Å². The number of halogens is 1. The van der Waals surface area contributed by atoms with Gasteiger partial charge in [-0.05, 0) is 28.6 Å². The van der Waals surface area contributed by atoms with Crippen LogP contribution in [-0.2, 0) is 0 Å². The van der Waals surface area contributed by atoms with Crippen molar-refractivity contribution in [1.82, 2.24) is 20.2 Å². The zero-order valence-corrected chi connectivity index (χ0v) is 8.64. The van der Waals surface area contributed by atoms with Crippen molar-refractivity contribution >= 4 is 17.5 Å². The van der Waals surface area contributed by atoms with Crippen molar-refractivity contribution in [2.45, 2.75) is 0 Å². The van der Waals surface area contributed by atoms with Crippen molar-refractivity contribution in [2.24, 2.45) is 0 Å². The molecule has 2 N–H and O–H groups in total. The number of benzene rings is 1. The Bertz CT molecular complexity index is 484. The summed E-state index contributed by atoms with van der Waals surface area (Å²) in [4.78, 5) is 0. The Hall–Kier alpha value is -1.82. The Morgan fingerprint density at radius 2 is 2.27 bits per heavy atom. The molecule has 1 aromatic heterocycles. The van der Waals surface area contributed by atoms with Crippen molar-refractivity contribution < 1.29 is 4.74 Å². The van der Waals surface area contributed by atoms with Gasteiger partial charge in [-0.15, -0.1) is 0 Å². The zero-order chi connectivity index (χ0) is 10.8. The smallest absolute Gasteiger partial charge is 0.245 e. The van der Waals surface area contributed by atoms with Gasteiger partial charge in [0.05, 0.1) is 17.8 Å². The maximum Gasteiger partial charge on any atom is 0.245 e. The summed E-state index contributed by atoms with van der Waals surface area (Å²) in [5.74, 6) is 0.795. The summed E-state index contributed by atoms with van der Waals surface area (Å²) in [5, 5.41) is 11.2. The van der Waals surface area contributed by atoms with E-state index >= 15 is 0 Å². The first-order chi connectivity index (χ1) is 7.22. The van der Waals surface area contributed by atoms with Crippen molar-refractivity contribution in [3.8, 4) is 11.4 Å². The summed E-state index contributed by atoms with van der Waals surface area (Å²) in [6.45, 7) is 0. The predicted octanol–water partition coefficient (Wildman–Crippen LogP) is 0.906. The molecule has 1 aromatic carbocycles. The largest absolute Gasteiger partial charge is 0.495 e. The van der Waals surface area contributed by atoms with Crippen LogP contribution in [0.1, 0.15) is 0 Å². The number of hydrogen-bond donors (Lipinski definition) is 1. The lowest BCUT2D eigenvalue weighted by Crippen LogP contribution is -2.02. The molecule has 6 nitrogen and oxygen atoms in total. The van der Waals surface area contributed by atoms with Gasteiger partial charge in [0.1, 0.15) is 5.75 Å². The molecule has 0 spiro atoms. The molecule has 15 heavy (non-hydrogen) atoms. The van der Waals surface area contributed by atoms with Gasteiger partial charge in [0.15, 0.2) is 0 Å². The van der Waals surface area contributed by atoms with Gasteiger partial charge in [-0.25, -0.2) is 0 Å². The van der Waals surface area contributed by atoms with Crippen LogP contribution in [0.15, 0.2) is 18.2 Å². The molecule has 0 radical (unpaired) electrons. The fourth-order valence-electron chi connectivity index (χ4n) is 1.16. The van der Waals surface area contributed by atoms with E-state index in [-0.39, 0.29) is 5.95 Å². The fraction of sp³-hybridized carbons (Fsp3) is 0.125. The Kier molecular flexibility index (Phi) is 2.42. The van der Waals surface area contributed by atoms with Gasteiger partial charge in [0, 0.05) is 0 Å². The van der Waals surface area contributed by atoms with Crippen LogP contribution in [0.4, 0.5) is 5.95 Å². The number of tetrazole rings is 1. The van der Waals surface area contributed by atoms with Crippen LogP contribution in [0.3, 0.4) is 0 Å². The summed E-state index contributed by atoms with van der Waals surface area (Å²) in [6, 6.07) is 5.16. The third kappa shape index (κ3) is 1.71. The second-order valence-corrected chi connectivity index (χ2v) is 3.17. The van der Waals surface area contributed by atoms with Gasteiger partial charge in [0.25, 0.3) is 0 Å². The summed E-state index contributed by atoms with van der Waals surface area (Å²) in [6.07, 6.45) is 0. The zero-order valence-electron chi connectivity index (χ0n) is 7.88. The van der Waals surface area contributed by atoms with E-state index in [1.165, 1.54) is 4.68 Å². The van der Waals surface area contributed by atoms with E-state index in [1.54, 1.807) is 25.3 Å². The van der Waals surface area contributed by atoms with Crippen molar-refractivity contribution in [3.05, 3.63) is 23.2 Å². The van der Waals surface area contributed by atoms with Gasteiger partial charge >= 0.3 is 0 Å². The van der Waals surface area contributed by atoms with E-state index < -0.39 is 0 Å². The molecule has 0 aliphatic carbocycles. The second kappa shape index (κ2) is 3.74. The third-order valence-electron chi connectivity index (χ3n) is 1.87. The molecule has 0 aliphatic heterocycles. The molecular formula is C8H8ClN5O. The fourth-order valence-corrected chi connectivity index (χ4v) is 1.42. The highest BCUT2D eigenvalue weighted by Gasteiger charge is 2.07. The lowest BCUT2D eigenvalue weighted by Gasteiger charge is -2.05. The first-order valence-electron chi connectivity index (χ1n) is 4.10. The van der Waals surface area contributed by atoms with Crippen LogP contribution in [0.25, 0.3) is 5.69 Å². The average Bonchev–Trinajstić information content (AvgIpc) is 2.64. The molecule has 0 atom stereocenters. The molecule has 0 aliphatic rings. The highest BCUT2D eigenvalue weighted by Crippen LogP contribution is 2.26. The van der Waals surface area contributed by atoms with E-state index in [0.717, 1.165) is 0 Å². The minimum atomic E-state index is 0.205. The van der Waals surface area contributed by atoms with Gasteiger partial charge in [-0.2, -0.15) is 4.68 Å². The molecule has 1 heterocycles. The maximum atomic E-state index is 5.95. The van der Waals surface area contributed by atoms with Gasteiger partial charge in [-0.1, -0.05) is 16.7 Å². The normalized spacial score (nSPS) is 10.3. The first kappa shape index (κ1) is 9.72. The Morgan fingerprint density at radius 1 is 1.47 bits per heavy atom. The molecule has 0 bridgehead atoms. The minimum Gasteiger partial charge on any atom is -0.495 e. The summed E-state index contributed by atoms with van der Waals surface area (Å²) < 4.78 is 6.40. The van der Waals surface area contributed by atoms with E-state index in [9.17, 15) is 0 Å². The monoisotopic (exact) mass is 225 g/mol. The van der Waals surface area contributed by atoms with Crippen molar-refractivity contribution in [2.75, 3.05) is 12.8 Å². The first-order valence-corrected chi connectivity index (χ1v) is 4.48. The van der Waals surface area contributed by atoms with E-state index in [4.69, 9.17) is 22.1 Å². The van der Waals surface area contributed by atoms with Crippen LogP contribution in [0, 0.1) is 0 Å². The molecule has 0 fully saturated rings. The molecule has 78 valence electrons. The van der Waals surface area contributed by atoms with Crippen molar-refractivity contribution in [3.63, 3.8) is 0 Å². The number of nitrogens with two attached hydrogens (primary N) is 1. The number of aromatic nitrogens is 4. The maximum absolute atomic E-state index is 5.95. The van der Waals surface area contributed by atoms with E-state index in [1.807, 2.05) is 0 Å². The Labute approximate surface area is 90.6 Å². The molecule has 2 aromatic rings. The predicted molar refractivity (Wildman–Crippen MR) is 55.1 cm³/mol. The molecular weight excluding hydrogens is 218 g/mol. The van der Waals surface area contributed by atoms with Gasteiger partial charge in [0.2, 0.25) is 5.95 Å². The number of hydrogen-bond acceptors (Lipinski definition) is 5. The summed E-state index contributed by atoms with van der Waals surface area (Å²) in [5.41, 5.74) is 6.23. The van der Waals surface area contributed by atoms with Crippen LogP contribution in [0.5, 0.6) is 5.75 Å². The number of nitrogens with zero attached hydrogens (tertiary/aromatic N) is 4. The Balaban J connectivity index is 2.47. The molecule has 0 saturated heterocycles. The van der Waals surface area contributed by atoms with Crippen molar-refractivity contribution in [1.29, 1.82) is 0 Å². The molecule has 0 unspecified atom stereocenters. The Morgan fingerprint density at radius 3 is 2.80 bits per heavy atom. The number of rotatable bonds is 2. The topological polar surface area (TPSA) is 78.8 Å². The minimum absolute atomic E-state index is 0.205. The average molecular weight is 226 g/mol. The van der Waals surface area contributed by atoms with E-state index in [2.05, 4.69) is 15.5 Å². The molecule has 0 amide bonds. The number of nitrogen functional groups attached to an aromatic ring is 1. The standard InChI is InChI=1S/C8H8ClN5O/c1-15-7-3-2-5(4-6(7)9)14-8(10)11-12-13-14/h2-4H,1H3,(H2,10,11,13). The highest BCUT2D eigenvalue weighted by molar-refractivity contribution is 6.32. The lowest BCUT2D eigenvalue weighted by atomic mass is 10.3. The number of anilines is 1. The van der Waals surface area contributed by atoms with Crippen LogP contribution >= 0.6 is 11.6 Å². The molecule has 0 saturated carbocycles. The van der Waals surface area contributed by atoms with Gasteiger partial charge < -0.3 is 10.5 Å². The molecule has 7 heteroatoms. The van der Waals surface area contributed by atoms with Gasteiger partial charge in [-0.3, -0.25) is 0 Å². The SMILES string of the molecule is COc1ccc(-n2nnnc2N)cc1Cl. The second-order valence-electron chi connectivity index (χ2n) is 2.77. The summed E-state index contributed by atoms with van der Waals surface area (Å²) >= 11 is 5.95. The summed E-state index contributed by atoms with van der Waals surface area (Å²) in [7, 11) is 1.55. The van der Waals surface area contributed by atoms with Crippen LogP contribution in [0.2, 0.25) is 5.02 Å². The quantitative estimate of drug-likeness (QED) is 0.822.